The molecular formula is C19H15BrN4O. The van der Waals surface area contributed by atoms with E-state index in [0.29, 0.717) is 0 Å². The second-order valence-corrected chi connectivity index (χ2v) is 6.43. The van der Waals surface area contributed by atoms with E-state index in [4.69, 9.17) is 4.74 Å². The fourth-order valence-corrected chi connectivity index (χ4v) is 3.06. The standard InChI is InChI=1S/C19H15BrN4O/c1-25-16-11-14(10-15(12-16)24-8-2-6-22-24)23-18-5-7-21-19-9-13(20)3-4-17(18)19/h2-12H,1H3,(H,21,23). The summed E-state index contributed by atoms with van der Waals surface area (Å²) in [4.78, 5) is 4.43. The molecule has 0 atom stereocenters. The van der Waals surface area contributed by atoms with Crippen molar-refractivity contribution in [1.29, 1.82) is 0 Å². The van der Waals surface area contributed by atoms with Crippen molar-refractivity contribution >= 4 is 38.2 Å². The summed E-state index contributed by atoms with van der Waals surface area (Å²) < 4.78 is 8.24. The number of methoxy groups -OCH3 is 1. The van der Waals surface area contributed by atoms with E-state index in [9.17, 15) is 0 Å². The van der Waals surface area contributed by atoms with Gasteiger partial charge < -0.3 is 10.1 Å². The number of aromatic nitrogens is 3. The third-order valence-corrected chi connectivity index (χ3v) is 4.37. The molecule has 0 amide bonds. The van der Waals surface area contributed by atoms with Crippen molar-refractivity contribution in [3.05, 3.63) is 71.6 Å². The highest BCUT2D eigenvalue weighted by Crippen LogP contribution is 2.30. The fourth-order valence-electron chi connectivity index (χ4n) is 2.71. The van der Waals surface area contributed by atoms with E-state index in [1.807, 2.05) is 54.7 Å². The van der Waals surface area contributed by atoms with Gasteiger partial charge in [-0.2, -0.15) is 5.10 Å². The minimum absolute atomic E-state index is 0.761. The minimum atomic E-state index is 0.761. The number of benzene rings is 2. The van der Waals surface area contributed by atoms with Crippen molar-refractivity contribution in [3.63, 3.8) is 0 Å². The Labute approximate surface area is 153 Å². The molecule has 6 heteroatoms. The maximum atomic E-state index is 5.43. The predicted molar refractivity (Wildman–Crippen MR) is 103 cm³/mol. The molecule has 0 saturated heterocycles. The Bertz CT molecular complexity index is 1030. The second-order valence-electron chi connectivity index (χ2n) is 5.52. The smallest absolute Gasteiger partial charge is 0.123 e. The van der Waals surface area contributed by atoms with E-state index in [1.54, 1.807) is 24.2 Å². The molecule has 0 aliphatic heterocycles. The van der Waals surface area contributed by atoms with Crippen LogP contribution in [0.3, 0.4) is 0 Å². The molecule has 1 N–H and O–H groups in total. The summed E-state index contributed by atoms with van der Waals surface area (Å²) in [7, 11) is 1.66. The van der Waals surface area contributed by atoms with Gasteiger partial charge in [0.25, 0.3) is 0 Å². The van der Waals surface area contributed by atoms with Crippen LogP contribution in [-0.4, -0.2) is 21.9 Å². The number of nitrogens with zero attached hydrogens (tertiary/aromatic N) is 3. The number of fused-ring (bicyclic) bond motifs is 1. The first-order valence-electron chi connectivity index (χ1n) is 7.73. The van der Waals surface area contributed by atoms with E-state index in [2.05, 4.69) is 31.3 Å². The van der Waals surface area contributed by atoms with E-state index in [0.717, 1.165) is 38.2 Å². The van der Waals surface area contributed by atoms with Gasteiger partial charge in [0, 0.05) is 52.0 Å². The van der Waals surface area contributed by atoms with Crippen LogP contribution < -0.4 is 10.1 Å². The summed E-state index contributed by atoms with van der Waals surface area (Å²) in [6.07, 6.45) is 5.45. The molecule has 0 saturated carbocycles. The monoisotopic (exact) mass is 394 g/mol. The largest absolute Gasteiger partial charge is 0.497 e. The number of pyridine rings is 1. The maximum Gasteiger partial charge on any atom is 0.123 e. The van der Waals surface area contributed by atoms with Crippen molar-refractivity contribution in [3.8, 4) is 11.4 Å². The number of nitrogens with one attached hydrogen (secondary N) is 1. The normalized spacial score (nSPS) is 10.8. The number of rotatable bonds is 4. The summed E-state index contributed by atoms with van der Waals surface area (Å²) in [5.41, 5.74) is 3.75. The molecule has 0 aliphatic rings. The van der Waals surface area contributed by atoms with Gasteiger partial charge in [-0.15, -0.1) is 0 Å². The molecule has 124 valence electrons. The number of hydrogen-bond acceptors (Lipinski definition) is 4. The van der Waals surface area contributed by atoms with Crippen molar-refractivity contribution in [2.45, 2.75) is 0 Å². The van der Waals surface area contributed by atoms with Gasteiger partial charge in [0.1, 0.15) is 5.75 Å². The van der Waals surface area contributed by atoms with Crippen molar-refractivity contribution < 1.29 is 4.74 Å². The topological polar surface area (TPSA) is 52.0 Å². The minimum Gasteiger partial charge on any atom is -0.497 e. The first-order chi connectivity index (χ1) is 12.2. The summed E-state index contributed by atoms with van der Waals surface area (Å²) in [5, 5.41) is 8.80. The van der Waals surface area contributed by atoms with Gasteiger partial charge in [0.2, 0.25) is 0 Å². The van der Waals surface area contributed by atoms with Crippen molar-refractivity contribution in [2.24, 2.45) is 0 Å². The zero-order chi connectivity index (χ0) is 17.2. The number of halogens is 1. The maximum absolute atomic E-state index is 5.43. The number of ether oxygens (including phenoxy) is 1. The molecule has 0 radical (unpaired) electrons. The molecule has 2 aromatic carbocycles. The quantitative estimate of drug-likeness (QED) is 0.532. The van der Waals surface area contributed by atoms with Crippen LogP contribution in [0.1, 0.15) is 0 Å². The van der Waals surface area contributed by atoms with Gasteiger partial charge in [-0.05, 0) is 36.4 Å². The van der Waals surface area contributed by atoms with Gasteiger partial charge in [0.05, 0.1) is 18.3 Å². The lowest BCUT2D eigenvalue weighted by atomic mass is 10.1. The summed E-state index contributed by atoms with van der Waals surface area (Å²) in [6, 6.07) is 15.8. The van der Waals surface area contributed by atoms with Crippen LogP contribution in [0.15, 0.2) is 71.6 Å². The Kier molecular flexibility index (Phi) is 4.11. The first-order valence-corrected chi connectivity index (χ1v) is 8.52. The zero-order valence-corrected chi connectivity index (χ0v) is 15.1. The van der Waals surface area contributed by atoms with Crippen LogP contribution in [0, 0.1) is 0 Å². The molecule has 4 aromatic rings. The summed E-state index contributed by atoms with van der Waals surface area (Å²) >= 11 is 3.49. The molecule has 0 bridgehead atoms. The van der Waals surface area contributed by atoms with E-state index >= 15 is 0 Å². The lowest BCUT2D eigenvalue weighted by molar-refractivity contribution is 0.414. The molecule has 2 heterocycles. The predicted octanol–water partition coefficient (Wildman–Crippen LogP) is 4.94. The van der Waals surface area contributed by atoms with Crippen LogP contribution in [0.2, 0.25) is 0 Å². The molecule has 0 unspecified atom stereocenters. The Balaban J connectivity index is 1.77. The van der Waals surface area contributed by atoms with Gasteiger partial charge in [-0.25, -0.2) is 4.68 Å². The van der Waals surface area contributed by atoms with Crippen LogP contribution in [0.5, 0.6) is 5.75 Å². The van der Waals surface area contributed by atoms with Crippen LogP contribution in [0.4, 0.5) is 11.4 Å². The fraction of sp³-hybridized carbons (Fsp3) is 0.0526. The van der Waals surface area contributed by atoms with Crippen LogP contribution >= 0.6 is 15.9 Å². The Morgan fingerprint density at radius 3 is 2.80 bits per heavy atom. The van der Waals surface area contributed by atoms with Gasteiger partial charge >= 0.3 is 0 Å². The van der Waals surface area contributed by atoms with Gasteiger partial charge in [-0.3, -0.25) is 4.98 Å². The molecule has 0 fully saturated rings. The molecule has 25 heavy (non-hydrogen) atoms. The van der Waals surface area contributed by atoms with E-state index in [-0.39, 0.29) is 0 Å². The highest BCUT2D eigenvalue weighted by Gasteiger charge is 2.07. The zero-order valence-electron chi connectivity index (χ0n) is 13.5. The lowest BCUT2D eigenvalue weighted by Crippen LogP contribution is -1.99. The molecule has 5 nitrogen and oxygen atoms in total. The third kappa shape index (κ3) is 3.21. The summed E-state index contributed by atoms with van der Waals surface area (Å²) in [5.74, 6) is 0.761. The SMILES string of the molecule is COc1cc(Nc2ccnc3cc(Br)ccc23)cc(-n2cccn2)c1. The molecule has 0 aliphatic carbocycles. The molecule has 2 aromatic heterocycles. The van der Waals surface area contributed by atoms with Gasteiger partial charge in [0.15, 0.2) is 0 Å². The molecule has 4 rings (SSSR count). The Morgan fingerprint density at radius 2 is 2.00 bits per heavy atom. The van der Waals surface area contributed by atoms with Crippen LogP contribution in [-0.2, 0) is 0 Å². The van der Waals surface area contributed by atoms with Crippen molar-refractivity contribution in [1.82, 2.24) is 14.8 Å². The van der Waals surface area contributed by atoms with E-state index < -0.39 is 0 Å². The average Bonchev–Trinajstić information content (AvgIpc) is 3.16. The van der Waals surface area contributed by atoms with Crippen molar-refractivity contribution in [2.75, 3.05) is 12.4 Å². The second kappa shape index (κ2) is 6.57. The number of hydrogen-bond donors (Lipinski definition) is 1. The first kappa shape index (κ1) is 15.7. The third-order valence-electron chi connectivity index (χ3n) is 3.88. The van der Waals surface area contributed by atoms with Crippen LogP contribution in [0.25, 0.3) is 16.6 Å². The van der Waals surface area contributed by atoms with Gasteiger partial charge in [-0.1, -0.05) is 15.9 Å². The average molecular weight is 395 g/mol. The van der Waals surface area contributed by atoms with E-state index in [1.165, 1.54) is 0 Å². The lowest BCUT2D eigenvalue weighted by Gasteiger charge is -2.13. The Hall–Kier alpha value is -2.86. The Morgan fingerprint density at radius 1 is 1.08 bits per heavy atom. The highest BCUT2D eigenvalue weighted by molar-refractivity contribution is 9.10. The molecular weight excluding hydrogens is 380 g/mol. The molecule has 0 spiro atoms. The summed E-state index contributed by atoms with van der Waals surface area (Å²) in [6.45, 7) is 0. The highest BCUT2D eigenvalue weighted by atomic mass is 79.9. The number of anilines is 2.